The number of benzene rings is 2. The van der Waals surface area contributed by atoms with Gasteiger partial charge in [-0.15, -0.1) is 0 Å². The van der Waals surface area contributed by atoms with E-state index in [1.54, 1.807) is 24.8 Å². The van der Waals surface area contributed by atoms with Crippen molar-refractivity contribution < 1.29 is 9.63 Å². The summed E-state index contributed by atoms with van der Waals surface area (Å²) in [6, 6.07) is 19.0. The third-order valence-corrected chi connectivity index (χ3v) is 4.46. The fourth-order valence-corrected chi connectivity index (χ4v) is 2.90. The molecule has 2 aromatic heterocycles. The van der Waals surface area contributed by atoms with Crippen LogP contribution in [0.4, 0.5) is 11.4 Å². The second-order valence-electron chi connectivity index (χ2n) is 6.57. The molecule has 1 amide bonds. The van der Waals surface area contributed by atoms with E-state index >= 15 is 0 Å². The summed E-state index contributed by atoms with van der Waals surface area (Å²) in [6.45, 7) is 0. The quantitative estimate of drug-likeness (QED) is 0.455. The van der Waals surface area contributed by atoms with Gasteiger partial charge in [-0.05, 0) is 59.8 Å². The van der Waals surface area contributed by atoms with Crippen LogP contribution in [-0.2, 0) is 11.2 Å². The molecule has 29 heavy (non-hydrogen) atoms. The van der Waals surface area contributed by atoms with Gasteiger partial charge in [0.15, 0.2) is 5.75 Å². The first kappa shape index (κ1) is 18.4. The van der Waals surface area contributed by atoms with E-state index in [1.165, 1.54) is 0 Å². The van der Waals surface area contributed by atoms with Crippen molar-refractivity contribution in [1.29, 1.82) is 0 Å². The van der Waals surface area contributed by atoms with Crippen LogP contribution >= 0.6 is 0 Å². The van der Waals surface area contributed by atoms with Crippen molar-refractivity contribution in [3.05, 3.63) is 91.0 Å². The number of rotatable bonds is 7. The molecule has 0 saturated carbocycles. The lowest BCUT2D eigenvalue weighted by Crippen LogP contribution is -2.12. The fraction of sp³-hybridized carbons (Fsp3) is 0.0870. The molecular formula is C23H20N4O2. The van der Waals surface area contributed by atoms with Crippen LogP contribution in [0.2, 0.25) is 0 Å². The molecule has 2 N–H and O–H groups in total. The maximum Gasteiger partial charge on any atom is 0.224 e. The van der Waals surface area contributed by atoms with Crippen LogP contribution < -0.4 is 15.6 Å². The van der Waals surface area contributed by atoms with Crippen molar-refractivity contribution in [3.8, 4) is 5.75 Å². The van der Waals surface area contributed by atoms with E-state index in [0.29, 0.717) is 18.6 Å². The standard InChI is InChI=1S/C23H20N4O2/c28-23(26-21-5-4-19-16-25-12-9-18(19)15-21)8-3-17-1-6-22(7-2-17)29-27-20-10-13-24-14-11-20/h1-2,4-7,9-16H,3,8H2,(H,24,27)(H,26,28). The molecule has 0 unspecified atom stereocenters. The number of amides is 1. The molecule has 4 rings (SSSR count). The Morgan fingerprint density at radius 1 is 0.828 bits per heavy atom. The van der Waals surface area contributed by atoms with Gasteiger partial charge in [-0.25, -0.2) is 5.48 Å². The number of aryl methyl sites for hydroxylation is 1. The predicted molar refractivity (Wildman–Crippen MR) is 114 cm³/mol. The van der Waals surface area contributed by atoms with Crippen LogP contribution in [0.15, 0.2) is 85.5 Å². The van der Waals surface area contributed by atoms with Gasteiger partial charge >= 0.3 is 0 Å². The summed E-state index contributed by atoms with van der Waals surface area (Å²) >= 11 is 0. The van der Waals surface area contributed by atoms with Gasteiger partial charge in [0.2, 0.25) is 5.91 Å². The monoisotopic (exact) mass is 384 g/mol. The van der Waals surface area contributed by atoms with E-state index in [9.17, 15) is 4.79 Å². The van der Waals surface area contributed by atoms with Gasteiger partial charge in [0.1, 0.15) is 0 Å². The summed E-state index contributed by atoms with van der Waals surface area (Å²) in [5.41, 5.74) is 5.55. The van der Waals surface area contributed by atoms with Gasteiger partial charge in [-0.1, -0.05) is 18.2 Å². The molecule has 6 heteroatoms. The van der Waals surface area contributed by atoms with Crippen molar-refractivity contribution >= 4 is 28.1 Å². The highest BCUT2D eigenvalue weighted by atomic mass is 16.6. The minimum Gasteiger partial charge on any atom is -0.382 e. The number of hydrogen-bond donors (Lipinski definition) is 2. The average molecular weight is 384 g/mol. The molecule has 0 saturated heterocycles. The van der Waals surface area contributed by atoms with Crippen LogP contribution in [0.3, 0.4) is 0 Å². The summed E-state index contributed by atoms with van der Waals surface area (Å²) in [5, 5.41) is 5.05. The zero-order valence-corrected chi connectivity index (χ0v) is 15.7. The number of nitrogens with zero attached hydrogens (tertiary/aromatic N) is 2. The van der Waals surface area contributed by atoms with Crippen molar-refractivity contribution in [2.75, 3.05) is 10.8 Å². The lowest BCUT2D eigenvalue weighted by atomic mass is 10.1. The van der Waals surface area contributed by atoms with Crippen molar-refractivity contribution in [2.45, 2.75) is 12.8 Å². The molecule has 0 aliphatic rings. The molecule has 0 fully saturated rings. The molecule has 0 aliphatic carbocycles. The number of aromatic nitrogens is 2. The van der Waals surface area contributed by atoms with Gasteiger partial charge in [0, 0.05) is 42.3 Å². The molecule has 0 radical (unpaired) electrons. The highest BCUT2D eigenvalue weighted by molar-refractivity contribution is 5.94. The Bertz CT molecular complexity index is 1100. The third kappa shape index (κ3) is 5.07. The van der Waals surface area contributed by atoms with Crippen molar-refractivity contribution in [1.82, 2.24) is 9.97 Å². The van der Waals surface area contributed by atoms with E-state index in [2.05, 4.69) is 20.8 Å². The number of nitrogens with one attached hydrogen (secondary N) is 2. The Labute approximate surface area is 168 Å². The third-order valence-electron chi connectivity index (χ3n) is 4.46. The van der Waals surface area contributed by atoms with Crippen LogP contribution in [0.25, 0.3) is 10.8 Å². The van der Waals surface area contributed by atoms with E-state index in [4.69, 9.17) is 4.84 Å². The van der Waals surface area contributed by atoms with Gasteiger partial charge in [-0.2, -0.15) is 0 Å². The highest BCUT2D eigenvalue weighted by Crippen LogP contribution is 2.19. The predicted octanol–water partition coefficient (Wildman–Crippen LogP) is 4.61. The number of carbonyl (C=O) groups is 1. The molecule has 2 heterocycles. The highest BCUT2D eigenvalue weighted by Gasteiger charge is 2.05. The molecule has 0 spiro atoms. The second kappa shape index (κ2) is 8.84. The Morgan fingerprint density at radius 2 is 1.62 bits per heavy atom. The molecule has 2 aromatic carbocycles. The number of carbonyl (C=O) groups excluding carboxylic acids is 1. The number of hydrogen-bond acceptors (Lipinski definition) is 5. The van der Waals surface area contributed by atoms with E-state index < -0.39 is 0 Å². The maximum absolute atomic E-state index is 12.3. The van der Waals surface area contributed by atoms with Crippen LogP contribution in [0.1, 0.15) is 12.0 Å². The molecule has 4 aromatic rings. The Balaban J connectivity index is 1.27. The number of anilines is 2. The van der Waals surface area contributed by atoms with Crippen LogP contribution in [0.5, 0.6) is 5.75 Å². The fourth-order valence-electron chi connectivity index (χ4n) is 2.90. The van der Waals surface area contributed by atoms with Crippen LogP contribution in [-0.4, -0.2) is 15.9 Å². The number of pyridine rings is 2. The zero-order valence-electron chi connectivity index (χ0n) is 15.7. The smallest absolute Gasteiger partial charge is 0.224 e. The topological polar surface area (TPSA) is 76.1 Å². The minimum atomic E-state index is -0.0157. The molecule has 0 atom stereocenters. The summed E-state index contributed by atoms with van der Waals surface area (Å²) in [4.78, 5) is 25.9. The molecule has 0 aliphatic heterocycles. The van der Waals surface area contributed by atoms with E-state index in [0.717, 1.165) is 27.7 Å². The molecule has 6 nitrogen and oxygen atoms in total. The first-order chi connectivity index (χ1) is 14.3. The second-order valence-corrected chi connectivity index (χ2v) is 6.57. The van der Waals surface area contributed by atoms with Crippen molar-refractivity contribution in [3.63, 3.8) is 0 Å². The van der Waals surface area contributed by atoms with Gasteiger partial charge < -0.3 is 10.2 Å². The minimum absolute atomic E-state index is 0.0157. The molecular weight excluding hydrogens is 364 g/mol. The van der Waals surface area contributed by atoms with Gasteiger partial charge in [-0.3, -0.25) is 14.8 Å². The molecule has 144 valence electrons. The average Bonchev–Trinajstić information content (AvgIpc) is 2.77. The Kier molecular flexibility index (Phi) is 5.62. The van der Waals surface area contributed by atoms with Gasteiger partial charge in [0.05, 0.1) is 5.69 Å². The van der Waals surface area contributed by atoms with Crippen molar-refractivity contribution in [2.24, 2.45) is 0 Å². The first-order valence-electron chi connectivity index (χ1n) is 9.32. The SMILES string of the molecule is O=C(CCc1ccc(ONc2ccncc2)cc1)Nc1ccc2cnccc2c1. The lowest BCUT2D eigenvalue weighted by Gasteiger charge is -2.09. The van der Waals surface area contributed by atoms with Gasteiger partial charge in [0.25, 0.3) is 0 Å². The first-order valence-corrected chi connectivity index (χ1v) is 9.32. The Hall–Kier alpha value is -3.93. The maximum atomic E-state index is 12.3. The summed E-state index contributed by atoms with van der Waals surface area (Å²) in [7, 11) is 0. The number of fused-ring (bicyclic) bond motifs is 1. The zero-order chi connectivity index (χ0) is 19.9. The normalized spacial score (nSPS) is 10.5. The van der Waals surface area contributed by atoms with E-state index in [-0.39, 0.29) is 5.91 Å². The summed E-state index contributed by atoms with van der Waals surface area (Å²) < 4.78 is 0. The van der Waals surface area contributed by atoms with E-state index in [1.807, 2.05) is 60.7 Å². The Morgan fingerprint density at radius 3 is 2.45 bits per heavy atom. The lowest BCUT2D eigenvalue weighted by molar-refractivity contribution is -0.116. The molecule has 0 bridgehead atoms. The summed E-state index contributed by atoms with van der Waals surface area (Å²) in [5.74, 6) is 0.679. The van der Waals surface area contributed by atoms with Crippen LogP contribution in [0, 0.1) is 0 Å². The largest absolute Gasteiger partial charge is 0.382 e. The summed E-state index contributed by atoms with van der Waals surface area (Å²) in [6.07, 6.45) is 7.99.